The van der Waals surface area contributed by atoms with Gasteiger partial charge in [0.25, 0.3) is 0 Å². The second kappa shape index (κ2) is 12.8. The number of carbonyl (C=O) groups excluding carboxylic acids is 1. The molecule has 0 radical (unpaired) electrons. The Morgan fingerprint density at radius 2 is 2.00 bits per heavy atom. The average Bonchev–Trinajstić information content (AvgIpc) is 3.14. The molecule has 1 aliphatic rings. The van der Waals surface area contributed by atoms with Crippen molar-refractivity contribution in [3.05, 3.63) is 29.8 Å². The molecule has 152 valence electrons. The summed E-state index contributed by atoms with van der Waals surface area (Å²) in [5, 5.41) is 6.40. The summed E-state index contributed by atoms with van der Waals surface area (Å²) >= 11 is 0. The molecule has 0 aliphatic heterocycles. The molecule has 0 atom stereocenters. The molecule has 0 aromatic heterocycles. The first-order valence-corrected chi connectivity index (χ1v) is 9.54. The van der Waals surface area contributed by atoms with Crippen LogP contribution >= 0.6 is 24.0 Å². The Hall–Kier alpha value is -1.51. The van der Waals surface area contributed by atoms with Gasteiger partial charge in [-0.15, -0.1) is 24.0 Å². The number of hydrogen-bond donors (Lipinski definition) is 2. The average molecular weight is 488 g/mol. The summed E-state index contributed by atoms with van der Waals surface area (Å²) in [6.07, 6.45) is 5.09. The number of methoxy groups -OCH3 is 1. The van der Waals surface area contributed by atoms with Gasteiger partial charge >= 0.3 is 0 Å². The van der Waals surface area contributed by atoms with Crippen molar-refractivity contribution in [2.24, 2.45) is 4.99 Å². The Kier molecular flexibility index (Phi) is 11.2. The van der Waals surface area contributed by atoms with E-state index < -0.39 is 0 Å². The summed E-state index contributed by atoms with van der Waals surface area (Å²) in [5.41, 5.74) is 1.10. The highest BCUT2D eigenvalue weighted by Crippen LogP contribution is 2.19. The summed E-state index contributed by atoms with van der Waals surface area (Å²) in [7, 11) is 3.67. The molecule has 0 bridgehead atoms. The van der Waals surface area contributed by atoms with Crippen molar-refractivity contribution in [3.8, 4) is 5.75 Å². The van der Waals surface area contributed by atoms with Crippen molar-refractivity contribution in [2.75, 3.05) is 27.2 Å². The largest absolute Gasteiger partial charge is 0.496 e. The first-order valence-electron chi connectivity index (χ1n) is 9.54. The van der Waals surface area contributed by atoms with Crippen LogP contribution < -0.4 is 15.4 Å². The lowest BCUT2D eigenvalue weighted by molar-refractivity contribution is -0.121. The number of guanidine groups is 1. The van der Waals surface area contributed by atoms with Gasteiger partial charge in [-0.05, 0) is 25.8 Å². The Labute approximate surface area is 180 Å². The molecule has 27 heavy (non-hydrogen) atoms. The van der Waals surface area contributed by atoms with Crippen LogP contribution in [0, 0.1) is 0 Å². The van der Waals surface area contributed by atoms with E-state index in [-0.39, 0.29) is 29.9 Å². The van der Waals surface area contributed by atoms with Crippen LogP contribution in [-0.4, -0.2) is 50.1 Å². The minimum absolute atomic E-state index is 0. The molecule has 1 aliphatic carbocycles. The predicted octanol–water partition coefficient (Wildman–Crippen LogP) is 3.16. The quantitative estimate of drug-likeness (QED) is 0.335. The minimum atomic E-state index is 0. The van der Waals surface area contributed by atoms with E-state index in [0.29, 0.717) is 25.6 Å². The van der Waals surface area contributed by atoms with Crippen LogP contribution in [-0.2, 0) is 11.3 Å². The highest BCUT2D eigenvalue weighted by atomic mass is 127. The number of aliphatic imine (C=N–C) groups is 1. The molecule has 7 heteroatoms. The van der Waals surface area contributed by atoms with Gasteiger partial charge in [-0.25, -0.2) is 0 Å². The standard InChI is InChI=1S/C20H32N4O2.HI/c1-4-21-20(22-14-13-19(25)23-17-10-6-7-11-17)24(2)15-16-9-5-8-12-18(16)26-3;/h5,8-9,12,17H,4,6-7,10-11,13-15H2,1-3H3,(H,21,22)(H,23,25);1H. The first kappa shape index (κ1) is 23.5. The van der Waals surface area contributed by atoms with Crippen molar-refractivity contribution in [3.63, 3.8) is 0 Å². The number of carbonyl (C=O) groups is 1. The topological polar surface area (TPSA) is 66.0 Å². The highest BCUT2D eigenvalue weighted by molar-refractivity contribution is 14.0. The van der Waals surface area contributed by atoms with Crippen molar-refractivity contribution >= 4 is 35.8 Å². The number of halogens is 1. The van der Waals surface area contributed by atoms with Gasteiger partial charge in [0.1, 0.15) is 5.75 Å². The summed E-state index contributed by atoms with van der Waals surface area (Å²) in [4.78, 5) is 18.7. The van der Waals surface area contributed by atoms with Gasteiger partial charge < -0.3 is 20.3 Å². The second-order valence-corrected chi connectivity index (χ2v) is 6.70. The van der Waals surface area contributed by atoms with E-state index in [1.165, 1.54) is 12.8 Å². The Morgan fingerprint density at radius 1 is 1.30 bits per heavy atom. The molecular formula is C20H33IN4O2. The van der Waals surface area contributed by atoms with Crippen molar-refractivity contribution in [1.82, 2.24) is 15.5 Å². The van der Waals surface area contributed by atoms with Crippen LogP contribution in [0.2, 0.25) is 0 Å². The SMILES string of the molecule is CCNC(=NCCC(=O)NC1CCCC1)N(C)Cc1ccccc1OC.I. The molecule has 2 N–H and O–H groups in total. The molecule has 0 saturated heterocycles. The summed E-state index contributed by atoms with van der Waals surface area (Å²) in [5.74, 6) is 1.77. The van der Waals surface area contributed by atoms with E-state index in [9.17, 15) is 4.79 Å². The summed E-state index contributed by atoms with van der Waals surface area (Å²) < 4.78 is 5.42. The third kappa shape index (κ3) is 7.94. The zero-order valence-electron chi connectivity index (χ0n) is 16.7. The maximum absolute atomic E-state index is 12.1. The van der Waals surface area contributed by atoms with Crippen molar-refractivity contribution in [1.29, 1.82) is 0 Å². The van der Waals surface area contributed by atoms with E-state index in [1.807, 2.05) is 38.2 Å². The number of nitrogens with one attached hydrogen (secondary N) is 2. The monoisotopic (exact) mass is 488 g/mol. The molecule has 1 amide bonds. The lowest BCUT2D eigenvalue weighted by Crippen LogP contribution is -2.39. The highest BCUT2D eigenvalue weighted by Gasteiger charge is 2.16. The number of nitrogens with zero attached hydrogens (tertiary/aromatic N) is 2. The number of rotatable bonds is 8. The number of hydrogen-bond acceptors (Lipinski definition) is 3. The fourth-order valence-electron chi connectivity index (χ4n) is 3.27. The zero-order valence-corrected chi connectivity index (χ0v) is 19.0. The van der Waals surface area contributed by atoms with Crippen LogP contribution in [0.5, 0.6) is 5.75 Å². The van der Waals surface area contributed by atoms with Gasteiger partial charge in [0.15, 0.2) is 5.96 Å². The number of ether oxygens (including phenoxy) is 1. The van der Waals surface area contributed by atoms with Crippen LogP contribution in [0.25, 0.3) is 0 Å². The molecule has 2 rings (SSSR count). The third-order valence-corrected chi connectivity index (χ3v) is 4.62. The van der Waals surface area contributed by atoms with Crippen molar-refractivity contribution in [2.45, 2.75) is 51.6 Å². The molecule has 1 saturated carbocycles. The maximum Gasteiger partial charge on any atom is 0.222 e. The molecule has 0 spiro atoms. The summed E-state index contributed by atoms with van der Waals surface area (Å²) in [6, 6.07) is 8.34. The predicted molar refractivity (Wildman–Crippen MR) is 121 cm³/mol. The van der Waals surface area contributed by atoms with E-state index >= 15 is 0 Å². The fourth-order valence-corrected chi connectivity index (χ4v) is 3.27. The van der Waals surface area contributed by atoms with Gasteiger partial charge in [-0.3, -0.25) is 9.79 Å². The van der Waals surface area contributed by atoms with Crippen LogP contribution in [0.15, 0.2) is 29.3 Å². The Morgan fingerprint density at radius 3 is 2.67 bits per heavy atom. The second-order valence-electron chi connectivity index (χ2n) is 6.70. The van der Waals surface area contributed by atoms with Gasteiger partial charge in [0, 0.05) is 38.2 Å². The van der Waals surface area contributed by atoms with Gasteiger partial charge in [0.2, 0.25) is 5.91 Å². The summed E-state index contributed by atoms with van der Waals surface area (Å²) in [6.45, 7) is 3.99. The van der Waals surface area contributed by atoms with Gasteiger partial charge in [-0.1, -0.05) is 31.0 Å². The Bertz CT molecular complexity index is 603. The van der Waals surface area contributed by atoms with Gasteiger partial charge in [-0.2, -0.15) is 0 Å². The van der Waals surface area contributed by atoms with E-state index in [4.69, 9.17) is 4.74 Å². The molecule has 1 aromatic rings. The fraction of sp³-hybridized carbons (Fsp3) is 0.600. The van der Waals surface area contributed by atoms with E-state index in [0.717, 1.165) is 36.7 Å². The molecule has 6 nitrogen and oxygen atoms in total. The molecule has 1 fully saturated rings. The smallest absolute Gasteiger partial charge is 0.222 e. The molecular weight excluding hydrogens is 455 g/mol. The first-order chi connectivity index (χ1) is 12.6. The number of para-hydroxylation sites is 1. The number of amides is 1. The normalized spacial score (nSPS) is 14.4. The third-order valence-electron chi connectivity index (χ3n) is 4.62. The Balaban J connectivity index is 0.00000364. The zero-order chi connectivity index (χ0) is 18.8. The molecule has 0 heterocycles. The van der Waals surface area contributed by atoms with Crippen LogP contribution in [0.3, 0.4) is 0 Å². The van der Waals surface area contributed by atoms with E-state index in [1.54, 1.807) is 7.11 Å². The van der Waals surface area contributed by atoms with Crippen molar-refractivity contribution < 1.29 is 9.53 Å². The minimum Gasteiger partial charge on any atom is -0.496 e. The van der Waals surface area contributed by atoms with Crippen LogP contribution in [0.4, 0.5) is 0 Å². The van der Waals surface area contributed by atoms with E-state index in [2.05, 4.69) is 20.5 Å². The van der Waals surface area contributed by atoms with Gasteiger partial charge in [0.05, 0.1) is 13.7 Å². The number of benzene rings is 1. The van der Waals surface area contributed by atoms with Crippen LogP contribution in [0.1, 0.15) is 44.6 Å². The lowest BCUT2D eigenvalue weighted by atomic mass is 10.2. The maximum atomic E-state index is 12.1. The molecule has 0 unspecified atom stereocenters. The molecule has 1 aromatic carbocycles. The lowest BCUT2D eigenvalue weighted by Gasteiger charge is -2.23.